The molecule has 1 amide bonds. The molecule has 9 nitrogen and oxygen atoms in total. The predicted octanol–water partition coefficient (Wildman–Crippen LogP) is 24.9. The summed E-state index contributed by atoms with van der Waals surface area (Å²) in [5, 5.41) is 3.08. The number of carbonyl (C=O) groups is 2. The lowest BCUT2D eigenvalue weighted by Gasteiger charge is -2.27. The largest absolute Gasteiger partial charge is 0.472 e. The maximum atomic E-state index is 13.7. The van der Waals surface area contributed by atoms with Gasteiger partial charge in [0.05, 0.1) is 33.8 Å². The van der Waals surface area contributed by atoms with Crippen LogP contribution in [-0.4, -0.2) is 74.3 Å². The second-order valence-corrected chi connectivity index (χ2v) is 29.0. The molecule has 0 radical (unpaired) electrons. The molecule has 3 unspecified atom stereocenters. The SMILES string of the molecule is CCCCC/C=C\C/C=C\C/C=C\CCCCCCCCCCCCCCC(=O)OC(/C=C/CCCCCCCCCCCCC)C(COP(=O)(O)OCC[N+](C)(C)C)NC(=O)CCCCCCCCCCCCCCCCC/C=C/CCCCCCCC. The molecule has 89 heavy (non-hydrogen) atoms. The smallest absolute Gasteiger partial charge is 0.456 e. The first-order valence-corrected chi connectivity index (χ1v) is 40.1. The lowest BCUT2D eigenvalue weighted by atomic mass is 10.0. The van der Waals surface area contributed by atoms with Crippen molar-refractivity contribution in [2.45, 2.75) is 392 Å². The number of rotatable bonds is 71. The van der Waals surface area contributed by atoms with Gasteiger partial charge in [-0.05, 0) is 96.0 Å². The lowest BCUT2D eigenvalue weighted by Crippen LogP contribution is -2.47. The molecule has 0 fully saturated rings. The number of hydrogen-bond donors (Lipinski definition) is 2. The fourth-order valence-electron chi connectivity index (χ4n) is 11.5. The molecule has 0 aliphatic rings. The van der Waals surface area contributed by atoms with Crippen molar-refractivity contribution in [1.29, 1.82) is 0 Å². The molecular weight excluding hydrogens is 1120 g/mol. The van der Waals surface area contributed by atoms with Crippen LogP contribution in [0.5, 0.6) is 0 Å². The van der Waals surface area contributed by atoms with Gasteiger partial charge in [0, 0.05) is 12.8 Å². The Kier molecular flexibility index (Phi) is 66.8. The molecule has 0 saturated heterocycles. The summed E-state index contributed by atoms with van der Waals surface area (Å²) in [6.07, 6.45) is 89.6. The van der Waals surface area contributed by atoms with Crippen LogP contribution in [0.1, 0.15) is 380 Å². The maximum absolute atomic E-state index is 13.7. The van der Waals surface area contributed by atoms with Crippen LogP contribution < -0.4 is 5.32 Å². The highest BCUT2D eigenvalue weighted by Gasteiger charge is 2.30. The van der Waals surface area contributed by atoms with Crippen LogP contribution >= 0.6 is 7.82 Å². The number of phosphoric ester groups is 1. The standard InChI is InChI=1S/C79H149N2O7P/c1-7-10-13-16-19-22-25-28-30-32-34-36-38-40-42-44-46-48-50-53-56-59-62-65-68-71-78(82)80-76(75-87-89(84,85)86-74-73-81(4,5)6)77(70-67-64-61-58-55-52-27-24-21-18-15-12-9-3)88-79(83)72-69-66-63-60-57-54-51-49-47-45-43-41-39-37-35-33-31-29-26-23-20-17-14-11-8-2/h20,23,28-31,35,37,67,70,76-77H,7-19,21-22,24-27,32-34,36,38-66,68-69,71-75H2,1-6H3,(H-,80,82,84,85)/p+1/b23-20-,30-28+,31-29-,37-35-,70-67+. The molecule has 2 N–H and O–H groups in total. The van der Waals surface area contributed by atoms with Crippen LogP contribution in [-0.2, 0) is 27.9 Å². The van der Waals surface area contributed by atoms with E-state index in [1.165, 1.54) is 276 Å². The molecular formula is C79H150N2O7P+. The highest BCUT2D eigenvalue weighted by molar-refractivity contribution is 7.47. The number of nitrogens with one attached hydrogen (secondary N) is 1. The van der Waals surface area contributed by atoms with Gasteiger partial charge in [-0.15, -0.1) is 0 Å². The maximum Gasteiger partial charge on any atom is 0.472 e. The molecule has 10 heteroatoms. The zero-order valence-corrected chi connectivity index (χ0v) is 60.8. The average Bonchev–Trinajstić information content (AvgIpc) is 3.54. The molecule has 0 aliphatic carbocycles. The van der Waals surface area contributed by atoms with E-state index in [4.69, 9.17) is 13.8 Å². The number of quaternary nitrogens is 1. The minimum absolute atomic E-state index is 0.0409. The number of ether oxygens (including phenoxy) is 1. The van der Waals surface area contributed by atoms with Crippen LogP contribution in [0.25, 0.3) is 0 Å². The van der Waals surface area contributed by atoms with Crippen LogP contribution in [0, 0.1) is 0 Å². The highest BCUT2D eigenvalue weighted by Crippen LogP contribution is 2.43. The molecule has 0 aromatic rings. The molecule has 0 spiro atoms. The third-order valence-electron chi connectivity index (χ3n) is 17.4. The number of carbonyl (C=O) groups excluding carboxylic acids is 2. The van der Waals surface area contributed by atoms with E-state index in [-0.39, 0.29) is 25.1 Å². The summed E-state index contributed by atoms with van der Waals surface area (Å²) in [7, 11) is 1.51. The minimum atomic E-state index is -4.46. The molecule has 0 aromatic heterocycles. The third-order valence-corrected chi connectivity index (χ3v) is 18.4. The Labute approximate surface area is 553 Å². The molecule has 0 heterocycles. The van der Waals surface area contributed by atoms with Crippen molar-refractivity contribution >= 4 is 19.7 Å². The molecule has 0 aromatic carbocycles. The molecule has 0 bridgehead atoms. The van der Waals surface area contributed by atoms with Crippen molar-refractivity contribution in [2.24, 2.45) is 0 Å². The first kappa shape index (κ1) is 86.7. The van der Waals surface area contributed by atoms with Crippen molar-refractivity contribution in [3.05, 3.63) is 60.8 Å². The van der Waals surface area contributed by atoms with E-state index in [1.807, 2.05) is 27.2 Å². The van der Waals surface area contributed by atoms with Gasteiger partial charge in [0.1, 0.15) is 19.3 Å². The van der Waals surface area contributed by atoms with E-state index in [0.717, 1.165) is 70.6 Å². The van der Waals surface area contributed by atoms with Gasteiger partial charge >= 0.3 is 13.8 Å². The Hall–Kier alpha value is -2.29. The van der Waals surface area contributed by atoms with Crippen molar-refractivity contribution in [2.75, 3.05) is 40.9 Å². The second kappa shape index (κ2) is 68.6. The van der Waals surface area contributed by atoms with Crippen LogP contribution in [0.4, 0.5) is 0 Å². The Balaban J connectivity index is 5.00. The van der Waals surface area contributed by atoms with E-state index >= 15 is 0 Å². The third kappa shape index (κ3) is 69.9. The van der Waals surface area contributed by atoms with E-state index in [0.29, 0.717) is 23.9 Å². The highest BCUT2D eigenvalue weighted by atomic mass is 31.2. The van der Waals surface area contributed by atoms with Crippen molar-refractivity contribution in [3.8, 4) is 0 Å². The van der Waals surface area contributed by atoms with Crippen LogP contribution in [0.2, 0.25) is 0 Å². The van der Waals surface area contributed by atoms with Crippen molar-refractivity contribution < 1.29 is 37.3 Å². The lowest BCUT2D eigenvalue weighted by molar-refractivity contribution is -0.870. The minimum Gasteiger partial charge on any atom is -0.456 e. The number of esters is 1. The van der Waals surface area contributed by atoms with Crippen LogP contribution in [0.3, 0.4) is 0 Å². The summed E-state index contributed by atoms with van der Waals surface area (Å²) >= 11 is 0. The Morgan fingerprint density at radius 3 is 1.06 bits per heavy atom. The summed E-state index contributed by atoms with van der Waals surface area (Å²) in [5.41, 5.74) is 0. The van der Waals surface area contributed by atoms with Gasteiger partial charge in [-0.2, -0.15) is 0 Å². The number of likely N-dealkylation sites (N-methyl/N-ethyl adjacent to an activating group) is 1. The van der Waals surface area contributed by atoms with Gasteiger partial charge in [0.2, 0.25) is 5.91 Å². The summed E-state index contributed by atoms with van der Waals surface area (Å²) in [5.74, 6) is -0.489. The topological polar surface area (TPSA) is 111 Å². The van der Waals surface area contributed by atoms with E-state index in [2.05, 4.69) is 80.8 Å². The van der Waals surface area contributed by atoms with Gasteiger partial charge in [0.25, 0.3) is 0 Å². The Morgan fingerprint density at radius 1 is 0.393 bits per heavy atom. The average molecular weight is 1270 g/mol. The quantitative estimate of drug-likeness (QED) is 0.0205. The molecule has 0 aliphatic heterocycles. The summed E-state index contributed by atoms with van der Waals surface area (Å²) in [4.78, 5) is 38.0. The van der Waals surface area contributed by atoms with E-state index in [9.17, 15) is 19.0 Å². The molecule has 522 valence electrons. The summed E-state index contributed by atoms with van der Waals surface area (Å²) in [6.45, 7) is 7.04. The Bertz CT molecular complexity index is 1700. The molecule has 0 rings (SSSR count). The number of hydrogen-bond acceptors (Lipinski definition) is 6. The zero-order chi connectivity index (χ0) is 64.9. The molecule has 3 atom stereocenters. The van der Waals surface area contributed by atoms with Crippen molar-refractivity contribution in [1.82, 2.24) is 5.32 Å². The fraction of sp³-hybridized carbons (Fsp3) is 0.848. The number of allylic oxidation sites excluding steroid dienone is 9. The second-order valence-electron chi connectivity index (χ2n) is 27.5. The predicted molar refractivity (Wildman–Crippen MR) is 388 cm³/mol. The van der Waals surface area contributed by atoms with E-state index < -0.39 is 20.0 Å². The van der Waals surface area contributed by atoms with Crippen LogP contribution in [0.15, 0.2) is 60.8 Å². The monoisotopic (exact) mass is 1270 g/mol. The number of nitrogens with zero attached hydrogens (tertiary/aromatic N) is 1. The van der Waals surface area contributed by atoms with Gasteiger partial charge in [-0.3, -0.25) is 18.6 Å². The van der Waals surface area contributed by atoms with Gasteiger partial charge in [-0.1, -0.05) is 332 Å². The van der Waals surface area contributed by atoms with Crippen molar-refractivity contribution in [3.63, 3.8) is 0 Å². The number of amides is 1. The van der Waals surface area contributed by atoms with E-state index in [1.54, 1.807) is 0 Å². The zero-order valence-electron chi connectivity index (χ0n) is 59.9. The fourth-order valence-corrected chi connectivity index (χ4v) is 12.2. The first-order valence-electron chi connectivity index (χ1n) is 38.6. The normalized spacial score (nSPS) is 13.7. The van der Waals surface area contributed by atoms with Gasteiger partial charge in [-0.25, -0.2) is 4.57 Å². The first-order chi connectivity index (χ1) is 43.4. The number of unbranched alkanes of at least 4 members (excludes halogenated alkanes) is 47. The van der Waals surface area contributed by atoms with Gasteiger partial charge < -0.3 is 19.4 Å². The summed E-state index contributed by atoms with van der Waals surface area (Å²) in [6, 6.07) is -0.850. The summed E-state index contributed by atoms with van der Waals surface area (Å²) < 4.78 is 30.9. The Morgan fingerprint density at radius 2 is 0.685 bits per heavy atom. The number of phosphoric acid groups is 1. The molecule has 0 saturated carbocycles. The van der Waals surface area contributed by atoms with Gasteiger partial charge in [0.15, 0.2) is 0 Å².